The first-order chi connectivity index (χ1) is 8.65. The van der Waals surface area contributed by atoms with Gasteiger partial charge in [0, 0.05) is 6.54 Å². The number of benzene rings is 1. The van der Waals surface area contributed by atoms with Crippen LogP contribution < -0.4 is 4.72 Å². The van der Waals surface area contributed by atoms with Gasteiger partial charge in [0.2, 0.25) is 10.0 Å². The highest BCUT2D eigenvalue weighted by molar-refractivity contribution is 7.90. The summed E-state index contributed by atoms with van der Waals surface area (Å²) < 4.78 is 25.2. The molecule has 0 aliphatic carbocycles. The molecule has 19 heavy (non-hydrogen) atoms. The van der Waals surface area contributed by atoms with E-state index in [9.17, 15) is 13.5 Å². The molecule has 0 heterocycles. The molecule has 106 valence electrons. The van der Waals surface area contributed by atoms with Crippen LogP contribution in [0.3, 0.4) is 0 Å². The molecule has 0 saturated heterocycles. The molecule has 2 N–H and O–H groups in total. The van der Waals surface area contributed by atoms with E-state index in [1.54, 1.807) is 20.8 Å². The summed E-state index contributed by atoms with van der Waals surface area (Å²) in [6.45, 7) is 8.54. The number of aliphatic hydroxyl groups excluding tert-OH is 1. The first-order valence-corrected chi connectivity index (χ1v) is 7.55. The Morgan fingerprint density at radius 1 is 1.32 bits per heavy atom. The van der Waals surface area contributed by atoms with Crippen molar-refractivity contribution in [2.24, 2.45) is 0 Å². The summed E-state index contributed by atoms with van der Waals surface area (Å²) in [7, 11) is -3.46. The maximum Gasteiger partial charge on any atom is 0.216 e. The van der Waals surface area contributed by atoms with E-state index in [0.717, 1.165) is 5.56 Å². The fourth-order valence-corrected chi connectivity index (χ4v) is 2.18. The van der Waals surface area contributed by atoms with Gasteiger partial charge < -0.3 is 5.11 Å². The highest BCUT2D eigenvalue weighted by Crippen LogP contribution is 2.17. The highest BCUT2D eigenvalue weighted by Gasteiger charge is 2.29. The van der Waals surface area contributed by atoms with Crippen LogP contribution in [0.4, 0.5) is 0 Å². The molecule has 4 nitrogen and oxygen atoms in total. The number of sulfonamides is 1. The van der Waals surface area contributed by atoms with Gasteiger partial charge in [-0.3, -0.25) is 0 Å². The number of aliphatic hydroxyl groups is 1. The number of hydrogen-bond acceptors (Lipinski definition) is 3. The van der Waals surface area contributed by atoms with Crippen molar-refractivity contribution in [3.63, 3.8) is 0 Å². The zero-order chi connectivity index (χ0) is 14.7. The minimum atomic E-state index is -3.46. The molecule has 0 aromatic heterocycles. The third-order valence-electron chi connectivity index (χ3n) is 2.82. The van der Waals surface area contributed by atoms with Crippen molar-refractivity contribution in [1.29, 1.82) is 0 Å². The van der Waals surface area contributed by atoms with E-state index in [1.807, 2.05) is 30.3 Å². The Morgan fingerprint density at radius 2 is 1.84 bits per heavy atom. The van der Waals surface area contributed by atoms with Gasteiger partial charge in [0.05, 0.1) is 10.9 Å². The number of hydrogen-bond donors (Lipinski definition) is 2. The maximum absolute atomic E-state index is 11.9. The lowest BCUT2D eigenvalue weighted by Gasteiger charge is -2.22. The van der Waals surface area contributed by atoms with E-state index >= 15 is 0 Å². The van der Waals surface area contributed by atoms with Gasteiger partial charge in [0.1, 0.15) is 0 Å². The summed E-state index contributed by atoms with van der Waals surface area (Å²) in [6.07, 6.45) is -0.945. The molecule has 1 atom stereocenters. The maximum atomic E-state index is 11.9. The first-order valence-electron chi connectivity index (χ1n) is 6.06. The highest BCUT2D eigenvalue weighted by atomic mass is 32.2. The van der Waals surface area contributed by atoms with Crippen LogP contribution in [0.15, 0.2) is 36.9 Å². The number of rotatable bonds is 5. The van der Waals surface area contributed by atoms with Crippen molar-refractivity contribution in [3.05, 3.63) is 42.5 Å². The molecule has 0 amide bonds. The van der Waals surface area contributed by atoms with Crippen LogP contribution in [0.5, 0.6) is 0 Å². The summed E-state index contributed by atoms with van der Waals surface area (Å²) >= 11 is 0. The predicted octanol–water partition coefficient (Wildman–Crippen LogP) is 1.78. The van der Waals surface area contributed by atoms with E-state index < -0.39 is 20.9 Å². The topological polar surface area (TPSA) is 66.4 Å². The summed E-state index contributed by atoms with van der Waals surface area (Å²) in [5.74, 6) is 0. The molecule has 1 unspecified atom stereocenters. The zero-order valence-electron chi connectivity index (χ0n) is 11.6. The first kappa shape index (κ1) is 15.9. The van der Waals surface area contributed by atoms with E-state index in [-0.39, 0.29) is 6.54 Å². The van der Waals surface area contributed by atoms with Gasteiger partial charge in [0.25, 0.3) is 0 Å². The molecule has 0 saturated carbocycles. The summed E-state index contributed by atoms with van der Waals surface area (Å²) in [6, 6.07) is 9.19. The molecule has 1 aromatic carbocycles. The SMILES string of the molecule is C=C(c1ccccc1)C(O)CNS(=O)(=O)C(C)(C)C. The molecular formula is C14H21NO3S. The largest absolute Gasteiger partial charge is 0.387 e. The van der Waals surface area contributed by atoms with E-state index in [4.69, 9.17) is 0 Å². The standard InChI is InChI=1S/C14H21NO3S/c1-11(12-8-6-5-7-9-12)13(16)10-15-19(17,18)14(2,3)4/h5-9,13,15-16H,1,10H2,2-4H3. The molecule has 0 fully saturated rings. The van der Waals surface area contributed by atoms with Gasteiger partial charge in [-0.15, -0.1) is 0 Å². The Hall–Kier alpha value is -1.17. The predicted molar refractivity (Wildman–Crippen MR) is 78.2 cm³/mol. The lowest BCUT2D eigenvalue weighted by molar-refractivity contribution is 0.235. The van der Waals surface area contributed by atoms with Gasteiger partial charge in [-0.05, 0) is 31.9 Å². The van der Waals surface area contributed by atoms with Crippen molar-refractivity contribution < 1.29 is 13.5 Å². The second-order valence-corrected chi connectivity index (χ2v) is 7.89. The van der Waals surface area contributed by atoms with Crippen molar-refractivity contribution in [2.75, 3.05) is 6.54 Å². The average Bonchev–Trinajstić information content (AvgIpc) is 2.35. The number of nitrogens with one attached hydrogen (secondary N) is 1. The monoisotopic (exact) mass is 283 g/mol. The van der Waals surface area contributed by atoms with Gasteiger partial charge in [-0.25, -0.2) is 13.1 Å². The lowest BCUT2D eigenvalue weighted by Crippen LogP contribution is -2.42. The summed E-state index contributed by atoms with van der Waals surface area (Å²) in [5.41, 5.74) is 1.29. The second kappa shape index (κ2) is 5.86. The molecule has 0 aliphatic heterocycles. The van der Waals surface area contributed by atoms with Crippen LogP contribution in [0.2, 0.25) is 0 Å². The zero-order valence-corrected chi connectivity index (χ0v) is 12.4. The van der Waals surface area contributed by atoms with Crippen molar-refractivity contribution in [3.8, 4) is 0 Å². The van der Waals surface area contributed by atoms with Crippen LogP contribution in [-0.4, -0.2) is 30.9 Å². The second-order valence-electron chi connectivity index (χ2n) is 5.37. The lowest BCUT2D eigenvalue weighted by atomic mass is 10.0. The summed E-state index contributed by atoms with van der Waals surface area (Å²) in [4.78, 5) is 0. The molecule has 1 aromatic rings. The summed E-state index contributed by atoms with van der Waals surface area (Å²) in [5, 5.41) is 9.97. The third-order valence-corrected chi connectivity index (χ3v) is 4.98. The minimum Gasteiger partial charge on any atom is -0.387 e. The Labute approximate surface area is 115 Å². The molecular weight excluding hydrogens is 262 g/mol. The molecule has 0 bridgehead atoms. The van der Waals surface area contributed by atoms with E-state index in [1.165, 1.54) is 0 Å². The Kier molecular flexibility index (Phi) is 4.90. The Balaban J connectivity index is 2.67. The van der Waals surface area contributed by atoms with Gasteiger partial charge >= 0.3 is 0 Å². The fourth-order valence-electron chi connectivity index (χ4n) is 1.37. The third kappa shape index (κ3) is 4.16. The van der Waals surface area contributed by atoms with Crippen molar-refractivity contribution >= 4 is 15.6 Å². The van der Waals surface area contributed by atoms with Crippen LogP contribution in [0.1, 0.15) is 26.3 Å². The van der Waals surface area contributed by atoms with Gasteiger partial charge in [-0.2, -0.15) is 0 Å². The Bertz CT molecular complexity index is 530. The van der Waals surface area contributed by atoms with Crippen molar-refractivity contribution in [1.82, 2.24) is 4.72 Å². The molecule has 0 radical (unpaired) electrons. The van der Waals surface area contributed by atoms with Gasteiger partial charge in [-0.1, -0.05) is 36.9 Å². The molecule has 1 rings (SSSR count). The van der Waals surface area contributed by atoms with Crippen LogP contribution in [0, 0.1) is 0 Å². The van der Waals surface area contributed by atoms with E-state index in [0.29, 0.717) is 5.57 Å². The minimum absolute atomic E-state index is 0.0761. The normalized spacial score (nSPS) is 14.1. The van der Waals surface area contributed by atoms with Gasteiger partial charge in [0.15, 0.2) is 0 Å². The molecule has 0 aliphatic rings. The smallest absolute Gasteiger partial charge is 0.216 e. The Morgan fingerprint density at radius 3 is 2.32 bits per heavy atom. The van der Waals surface area contributed by atoms with Crippen LogP contribution >= 0.6 is 0 Å². The quantitative estimate of drug-likeness (QED) is 0.865. The van der Waals surface area contributed by atoms with Crippen LogP contribution in [0.25, 0.3) is 5.57 Å². The average molecular weight is 283 g/mol. The van der Waals surface area contributed by atoms with Crippen LogP contribution in [-0.2, 0) is 10.0 Å². The molecule has 0 spiro atoms. The van der Waals surface area contributed by atoms with Crippen molar-refractivity contribution in [2.45, 2.75) is 31.6 Å². The fraction of sp³-hybridized carbons (Fsp3) is 0.429. The molecule has 5 heteroatoms. The van der Waals surface area contributed by atoms with E-state index in [2.05, 4.69) is 11.3 Å².